The van der Waals surface area contributed by atoms with E-state index < -0.39 is 0 Å². The van der Waals surface area contributed by atoms with Gasteiger partial charge in [-0.1, -0.05) is 36.4 Å². The number of para-hydroxylation sites is 1. The number of pyridine rings is 1. The van der Waals surface area contributed by atoms with Crippen LogP contribution in [0.1, 0.15) is 11.1 Å². The van der Waals surface area contributed by atoms with E-state index in [9.17, 15) is 9.59 Å². The number of hydrogen-bond donors (Lipinski definition) is 2. The average Bonchev–Trinajstić information content (AvgIpc) is 2.76. The van der Waals surface area contributed by atoms with E-state index in [1.807, 2.05) is 59.5 Å². The van der Waals surface area contributed by atoms with Crippen molar-refractivity contribution in [3.63, 3.8) is 0 Å². The smallest absolute Gasteiger partial charge is 0.244 e. The minimum Gasteiger partial charge on any atom is -0.360 e. The van der Waals surface area contributed by atoms with Gasteiger partial charge in [-0.15, -0.1) is 0 Å². The van der Waals surface area contributed by atoms with Crippen molar-refractivity contribution in [1.29, 1.82) is 0 Å². The Kier molecular flexibility index (Phi) is 5.52. The molecule has 1 aromatic heterocycles. The van der Waals surface area contributed by atoms with Gasteiger partial charge in [-0.25, -0.2) is 0 Å². The van der Waals surface area contributed by atoms with Crippen molar-refractivity contribution in [3.8, 4) is 0 Å². The quantitative estimate of drug-likeness (QED) is 0.661. The third kappa shape index (κ3) is 4.60. The Labute approximate surface area is 169 Å². The van der Waals surface area contributed by atoms with E-state index in [0.717, 1.165) is 34.3 Å². The molecule has 6 nitrogen and oxygen atoms in total. The summed E-state index contributed by atoms with van der Waals surface area (Å²) in [7, 11) is 0. The molecule has 2 amide bonds. The van der Waals surface area contributed by atoms with Crippen LogP contribution in [0.2, 0.25) is 0 Å². The summed E-state index contributed by atoms with van der Waals surface area (Å²) in [6.07, 6.45) is 5.07. The lowest BCUT2D eigenvalue weighted by atomic mass is 10.1. The van der Waals surface area contributed by atoms with E-state index in [1.165, 1.54) is 6.08 Å². The van der Waals surface area contributed by atoms with E-state index in [4.69, 9.17) is 0 Å². The predicted molar refractivity (Wildman–Crippen MR) is 114 cm³/mol. The zero-order valence-electron chi connectivity index (χ0n) is 16.0. The van der Waals surface area contributed by atoms with Crippen LogP contribution in [0.25, 0.3) is 17.0 Å². The summed E-state index contributed by atoms with van der Waals surface area (Å²) in [6.45, 7) is 2.28. The van der Waals surface area contributed by atoms with Crippen LogP contribution in [0.5, 0.6) is 0 Å². The van der Waals surface area contributed by atoms with Gasteiger partial charge in [-0.05, 0) is 29.8 Å². The first-order valence-electron chi connectivity index (χ1n) is 9.59. The molecule has 6 heteroatoms. The maximum atomic E-state index is 12.2. The lowest BCUT2D eigenvalue weighted by molar-refractivity contribution is -0.120. The van der Waals surface area contributed by atoms with E-state index in [2.05, 4.69) is 15.6 Å². The van der Waals surface area contributed by atoms with Gasteiger partial charge in [0.15, 0.2) is 0 Å². The molecule has 1 saturated heterocycles. The minimum absolute atomic E-state index is 0.0424. The van der Waals surface area contributed by atoms with E-state index in [-0.39, 0.29) is 11.8 Å². The number of benzene rings is 2. The van der Waals surface area contributed by atoms with Crippen LogP contribution < -0.4 is 15.5 Å². The predicted octanol–water partition coefficient (Wildman–Crippen LogP) is 2.50. The summed E-state index contributed by atoms with van der Waals surface area (Å²) in [5, 5.41) is 6.76. The average molecular weight is 386 g/mol. The van der Waals surface area contributed by atoms with Gasteiger partial charge in [0.2, 0.25) is 11.8 Å². The number of hydrogen-bond acceptors (Lipinski definition) is 4. The molecule has 146 valence electrons. The molecular formula is C23H22N4O2. The highest BCUT2D eigenvalue weighted by atomic mass is 16.2. The van der Waals surface area contributed by atoms with Crippen LogP contribution >= 0.6 is 0 Å². The van der Waals surface area contributed by atoms with Crippen molar-refractivity contribution in [2.45, 2.75) is 6.54 Å². The molecule has 0 spiro atoms. The Bertz CT molecular complexity index is 1050. The zero-order valence-corrected chi connectivity index (χ0v) is 16.0. The third-order valence-electron chi connectivity index (χ3n) is 4.88. The maximum absolute atomic E-state index is 12.2. The van der Waals surface area contributed by atoms with E-state index in [0.29, 0.717) is 19.6 Å². The lowest BCUT2D eigenvalue weighted by Crippen LogP contribution is -2.47. The van der Waals surface area contributed by atoms with E-state index in [1.54, 1.807) is 12.3 Å². The second-order valence-corrected chi connectivity index (χ2v) is 6.91. The van der Waals surface area contributed by atoms with Crippen LogP contribution in [-0.4, -0.2) is 36.4 Å². The SMILES string of the molecule is O=C(/C=C/c1cccc2cccnc12)NCc1ccc(N2CCNC(=O)C2)cc1. The normalized spacial score (nSPS) is 14.2. The number of anilines is 1. The Morgan fingerprint density at radius 3 is 2.79 bits per heavy atom. The third-order valence-corrected chi connectivity index (χ3v) is 4.88. The van der Waals surface area contributed by atoms with Gasteiger partial charge in [0.25, 0.3) is 0 Å². The van der Waals surface area contributed by atoms with Crippen molar-refractivity contribution in [3.05, 3.63) is 78.0 Å². The van der Waals surface area contributed by atoms with Crippen molar-refractivity contribution in [1.82, 2.24) is 15.6 Å². The van der Waals surface area contributed by atoms with Crippen LogP contribution in [0.4, 0.5) is 5.69 Å². The van der Waals surface area contributed by atoms with E-state index >= 15 is 0 Å². The molecule has 4 rings (SSSR count). The Hall–Kier alpha value is -3.67. The minimum atomic E-state index is -0.158. The van der Waals surface area contributed by atoms with Crippen molar-refractivity contribution in [2.75, 3.05) is 24.5 Å². The van der Waals surface area contributed by atoms with Crippen LogP contribution in [0.3, 0.4) is 0 Å². The molecule has 2 N–H and O–H groups in total. The second kappa shape index (κ2) is 8.56. The topological polar surface area (TPSA) is 74.3 Å². The molecule has 1 aliphatic rings. The number of fused-ring (bicyclic) bond motifs is 1. The molecule has 2 aromatic carbocycles. The largest absolute Gasteiger partial charge is 0.360 e. The number of nitrogens with one attached hydrogen (secondary N) is 2. The van der Waals surface area contributed by atoms with Crippen molar-refractivity contribution >= 4 is 34.5 Å². The molecule has 3 aromatic rings. The Morgan fingerprint density at radius 2 is 1.97 bits per heavy atom. The first-order valence-corrected chi connectivity index (χ1v) is 9.59. The molecular weight excluding hydrogens is 364 g/mol. The highest BCUT2D eigenvalue weighted by Gasteiger charge is 2.16. The molecule has 1 aliphatic heterocycles. The monoisotopic (exact) mass is 386 g/mol. The molecule has 29 heavy (non-hydrogen) atoms. The summed E-state index contributed by atoms with van der Waals surface area (Å²) >= 11 is 0. The molecule has 0 unspecified atom stereocenters. The van der Waals surface area contributed by atoms with Gasteiger partial charge >= 0.3 is 0 Å². The van der Waals surface area contributed by atoms with Gasteiger partial charge in [0.05, 0.1) is 12.1 Å². The standard InChI is InChI=1S/C23H22N4O2/c28-21(11-8-19-4-1-3-18-5-2-12-25-23(18)19)26-15-17-6-9-20(10-7-17)27-14-13-24-22(29)16-27/h1-12H,13-16H2,(H,24,29)(H,26,28)/b11-8+. The van der Waals surface area contributed by atoms with Gasteiger partial charge in [-0.2, -0.15) is 0 Å². The summed E-state index contributed by atoms with van der Waals surface area (Å²) < 4.78 is 0. The fraction of sp³-hybridized carbons (Fsp3) is 0.174. The first kappa shape index (κ1) is 18.7. The van der Waals surface area contributed by atoms with Crippen molar-refractivity contribution in [2.24, 2.45) is 0 Å². The molecule has 0 bridgehead atoms. The lowest BCUT2D eigenvalue weighted by Gasteiger charge is -2.28. The fourth-order valence-corrected chi connectivity index (χ4v) is 3.36. The molecule has 0 aliphatic carbocycles. The number of aromatic nitrogens is 1. The number of nitrogens with zero attached hydrogens (tertiary/aromatic N) is 2. The van der Waals surface area contributed by atoms with Gasteiger partial charge in [0, 0.05) is 48.5 Å². The van der Waals surface area contributed by atoms with Gasteiger partial charge in [0.1, 0.15) is 0 Å². The fourth-order valence-electron chi connectivity index (χ4n) is 3.36. The number of rotatable bonds is 5. The molecule has 0 radical (unpaired) electrons. The highest BCUT2D eigenvalue weighted by Crippen LogP contribution is 2.17. The van der Waals surface area contributed by atoms with Crippen LogP contribution in [0, 0.1) is 0 Å². The summed E-state index contributed by atoms with van der Waals surface area (Å²) in [5.74, 6) is -0.115. The highest BCUT2D eigenvalue weighted by molar-refractivity contribution is 5.95. The van der Waals surface area contributed by atoms with Crippen LogP contribution in [0.15, 0.2) is 66.9 Å². The van der Waals surface area contributed by atoms with Gasteiger partial charge in [-0.3, -0.25) is 14.6 Å². The van der Waals surface area contributed by atoms with Crippen LogP contribution in [-0.2, 0) is 16.1 Å². The number of amides is 2. The summed E-state index contributed by atoms with van der Waals surface area (Å²) in [5.41, 5.74) is 3.80. The molecule has 2 heterocycles. The number of carbonyl (C=O) groups is 2. The molecule has 0 saturated carbocycles. The number of piperazine rings is 1. The zero-order chi connectivity index (χ0) is 20.1. The molecule has 0 atom stereocenters. The summed E-state index contributed by atoms with van der Waals surface area (Å²) in [6, 6.07) is 17.7. The second-order valence-electron chi connectivity index (χ2n) is 6.91. The Balaban J connectivity index is 1.34. The molecule has 1 fully saturated rings. The summed E-state index contributed by atoms with van der Waals surface area (Å²) in [4.78, 5) is 30.2. The van der Waals surface area contributed by atoms with Crippen molar-refractivity contribution < 1.29 is 9.59 Å². The number of carbonyl (C=O) groups excluding carboxylic acids is 2. The Morgan fingerprint density at radius 1 is 1.14 bits per heavy atom. The van der Waals surface area contributed by atoms with Gasteiger partial charge < -0.3 is 15.5 Å². The first-order chi connectivity index (χ1) is 14.2. The maximum Gasteiger partial charge on any atom is 0.244 e.